The summed E-state index contributed by atoms with van der Waals surface area (Å²) in [7, 11) is 0. The number of anilines is 2. The molecule has 7 heteroatoms. The zero-order chi connectivity index (χ0) is 20.4. The van der Waals surface area contributed by atoms with Gasteiger partial charge in [-0.05, 0) is 37.5 Å². The van der Waals surface area contributed by atoms with Crippen LogP contribution in [-0.4, -0.2) is 42.4 Å². The van der Waals surface area contributed by atoms with Crippen LogP contribution in [0.1, 0.15) is 25.3 Å². The molecule has 0 aromatic heterocycles. The van der Waals surface area contributed by atoms with Gasteiger partial charge in [0.15, 0.2) is 0 Å². The van der Waals surface area contributed by atoms with Crippen molar-refractivity contribution in [3.63, 3.8) is 0 Å². The second-order valence-corrected chi connectivity index (χ2v) is 7.57. The number of carbonyl (C=O) groups excluding carboxylic acids is 3. The molecular weight excluding hydrogens is 368 g/mol. The lowest BCUT2D eigenvalue weighted by atomic mass is 9.92. The zero-order valence-corrected chi connectivity index (χ0v) is 16.4. The molecule has 2 aliphatic rings. The largest absolute Gasteiger partial charge is 0.370 e. The van der Waals surface area contributed by atoms with E-state index in [9.17, 15) is 14.4 Å². The number of nitrogens with one attached hydrogen (secondary N) is 2. The lowest BCUT2D eigenvalue weighted by molar-refractivity contribution is -0.133. The van der Waals surface area contributed by atoms with Gasteiger partial charge in [-0.1, -0.05) is 42.5 Å². The minimum absolute atomic E-state index is 0.332. The van der Waals surface area contributed by atoms with Crippen molar-refractivity contribution >= 4 is 29.2 Å². The number of rotatable bonds is 5. The van der Waals surface area contributed by atoms with Crippen LogP contribution in [0, 0.1) is 0 Å². The van der Waals surface area contributed by atoms with Crippen molar-refractivity contribution < 1.29 is 14.4 Å². The highest BCUT2D eigenvalue weighted by Crippen LogP contribution is 2.30. The highest BCUT2D eigenvalue weighted by atomic mass is 16.2. The first-order chi connectivity index (χ1) is 14.0. The molecule has 0 spiro atoms. The van der Waals surface area contributed by atoms with E-state index in [2.05, 4.69) is 15.5 Å². The molecule has 0 radical (unpaired) electrons. The van der Waals surface area contributed by atoms with E-state index in [0.29, 0.717) is 11.3 Å². The predicted octanol–water partition coefficient (Wildman–Crippen LogP) is 2.69. The Kier molecular flexibility index (Phi) is 4.96. The van der Waals surface area contributed by atoms with Crippen molar-refractivity contribution in [3.05, 3.63) is 60.2 Å². The Hall–Kier alpha value is -3.35. The van der Waals surface area contributed by atoms with E-state index in [1.54, 1.807) is 19.1 Å². The fourth-order valence-corrected chi connectivity index (χ4v) is 3.95. The van der Waals surface area contributed by atoms with E-state index in [1.165, 1.54) is 0 Å². The number of hydrogen-bond donors (Lipinski definition) is 2. The molecule has 0 aliphatic carbocycles. The molecule has 2 aromatic carbocycles. The summed E-state index contributed by atoms with van der Waals surface area (Å²) in [5, 5.41) is 5.59. The summed E-state index contributed by atoms with van der Waals surface area (Å²) < 4.78 is 0. The van der Waals surface area contributed by atoms with Gasteiger partial charge in [-0.2, -0.15) is 0 Å². The van der Waals surface area contributed by atoms with E-state index < -0.39 is 23.4 Å². The number of imide groups is 1. The van der Waals surface area contributed by atoms with Crippen molar-refractivity contribution in [2.24, 2.45) is 0 Å². The molecule has 2 aliphatic heterocycles. The van der Waals surface area contributed by atoms with Gasteiger partial charge in [0.2, 0.25) is 5.91 Å². The average molecular weight is 392 g/mol. The molecule has 7 nitrogen and oxygen atoms in total. The van der Waals surface area contributed by atoms with E-state index in [0.717, 1.165) is 36.5 Å². The topological polar surface area (TPSA) is 81.8 Å². The quantitative estimate of drug-likeness (QED) is 0.767. The minimum atomic E-state index is -1.17. The van der Waals surface area contributed by atoms with Crippen LogP contribution >= 0.6 is 0 Å². The summed E-state index contributed by atoms with van der Waals surface area (Å²) in [5.74, 6) is -0.839. The normalized spacial score (nSPS) is 21.4. The third-order valence-electron chi connectivity index (χ3n) is 5.55. The fourth-order valence-electron chi connectivity index (χ4n) is 3.95. The molecule has 150 valence electrons. The Bertz CT molecular complexity index is 940. The van der Waals surface area contributed by atoms with Crippen LogP contribution in [0.2, 0.25) is 0 Å². The second kappa shape index (κ2) is 7.58. The molecule has 2 N–H and O–H groups in total. The van der Waals surface area contributed by atoms with Gasteiger partial charge < -0.3 is 15.5 Å². The van der Waals surface area contributed by atoms with Gasteiger partial charge in [-0.15, -0.1) is 0 Å². The second-order valence-electron chi connectivity index (χ2n) is 7.57. The molecule has 0 unspecified atom stereocenters. The number of urea groups is 1. The van der Waals surface area contributed by atoms with Gasteiger partial charge in [0, 0.05) is 13.1 Å². The van der Waals surface area contributed by atoms with Crippen molar-refractivity contribution in [3.8, 4) is 0 Å². The molecule has 1 atom stereocenters. The fraction of sp³-hybridized carbons (Fsp3) is 0.318. The monoisotopic (exact) mass is 392 g/mol. The standard InChI is InChI=1S/C22H24N4O3/c1-22(16-9-3-2-4-10-16)20(28)26(21(29)24-22)15-19(27)23-17-11-5-6-12-18(17)25-13-7-8-14-25/h2-6,9-12H,7-8,13-15H2,1H3,(H,23,27)(H,24,29)/t22-/m1/s1. The summed E-state index contributed by atoms with van der Waals surface area (Å²) in [5.41, 5.74) is 1.16. The molecule has 2 heterocycles. The highest BCUT2D eigenvalue weighted by Gasteiger charge is 2.49. The molecule has 2 fully saturated rings. The maximum Gasteiger partial charge on any atom is 0.325 e. The Morgan fingerprint density at radius 3 is 2.41 bits per heavy atom. The van der Waals surface area contributed by atoms with Crippen LogP contribution in [0.15, 0.2) is 54.6 Å². The molecule has 2 aromatic rings. The Morgan fingerprint density at radius 2 is 1.69 bits per heavy atom. The summed E-state index contributed by atoms with van der Waals surface area (Å²) in [6.07, 6.45) is 2.26. The molecule has 29 heavy (non-hydrogen) atoms. The lowest BCUT2D eigenvalue weighted by Gasteiger charge is -2.23. The third-order valence-corrected chi connectivity index (χ3v) is 5.55. The SMILES string of the molecule is C[C@]1(c2ccccc2)NC(=O)N(CC(=O)Nc2ccccc2N2CCCC2)C1=O. The number of nitrogens with zero attached hydrogens (tertiary/aromatic N) is 2. The van der Waals surface area contributed by atoms with Crippen LogP contribution in [-0.2, 0) is 15.1 Å². The smallest absolute Gasteiger partial charge is 0.325 e. The van der Waals surface area contributed by atoms with Crippen LogP contribution in [0.5, 0.6) is 0 Å². The predicted molar refractivity (Wildman–Crippen MR) is 111 cm³/mol. The van der Waals surface area contributed by atoms with Gasteiger partial charge in [0.05, 0.1) is 11.4 Å². The summed E-state index contributed by atoms with van der Waals surface area (Å²) in [4.78, 5) is 41.3. The maximum atomic E-state index is 13.0. The van der Waals surface area contributed by atoms with Crippen LogP contribution in [0.4, 0.5) is 16.2 Å². The summed E-state index contributed by atoms with van der Waals surface area (Å²) in [6, 6.07) is 16.1. The van der Waals surface area contributed by atoms with Crippen LogP contribution < -0.4 is 15.5 Å². The summed E-state index contributed by atoms with van der Waals surface area (Å²) in [6.45, 7) is 3.23. The van der Waals surface area contributed by atoms with Gasteiger partial charge in [0.1, 0.15) is 12.1 Å². The Morgan fingerprint density at radius 1 is 1.03 bits per heavy atom. The lowest BCUT2D eigenvalue weighted by Crippen LogP contribution is -2.42. The average Bonchev–Trinajstić information content (AvgIpc) is 3.33. The molecular formula is C22H24N4O3. The van der Waals surface area contributed by atoms with Gasteiger partial charge in [0.25, 0.3) is 5.91 Å². The number of hydrogen-bond acceptors (Lipinski definition) is 4. The van der Waals surface area contributed by atoms with Gasteiger partial charge in [-0.25, -0.2) is 4.79 Å². The Labute approximate surface area is 169 Å². The first kappa shape index (κ1) is 19.0. The molecule has 0 bridgehead atoms. The van der Waals surface area contributed by atoms with E-state index in [1.807, 2.05) is 42.5 Å². The zero-order valence-electron chi connectivity index (χ0n) is 16.4. The molecule has 4 amide bonds. The number of carbonyl (C=O) groups is 3. The first-order valence-electron chi connectivity index (χ1n) is 9.82. The van der Waals surface area contributed by atoms with Crippen molar-refractivity contribution in [1.29, 1.82) is 0 Å². The maximum absolute atomic E-state index is 13.0. The highest BCUT2D eigenvalue weighted by molar-refractivity contribution is 6.10. The van der Waals surface area contributed by atoms with E-state index in [-0.39, 0.29) is 6.54 Å². The minimum Gasteiger partial charge on any atom is -0.370 e. The van der Waals surface area contributed by atoms with E-state index in [4.69, 9.17) is 0 Å². The number of para-hydroxylation sites is 2. The first-order valence-corrected chi connectivity index (χ1v) is 9.82. The Balaban J connectivity index is 1.48. The number of amides is 4. The summed E-state index contributed by atoms with van der Waals surface area (Å²) >= 11 is 0. The molecule has 2 saturated heterocycles. The van der Waals surface area contributed by atoms with E-state index >= 15 is 0 Å². The molecule has 4 rings (SSSR count). The van der Waals surface area contributed by atoms with Crippen molar-refractivity contribution in [2.45, 2.75) is 25.3 Å². The third kappa shape index (κ3) is 3.55. The van der Waals surface area contributed by atoms with Gasteiger partial charge in [-0.3, -0.25) is 14.5 Å². The number of benzene rings is 2. The van der Waals surface area contributed by atoms with Gasteiger partial charge >= 0.3 is 6.03 Å². The van der Waals surface area contributed by atoms with Crippen LogP contribution in [0.3, 0.4) is 0 Å². The van der Waals surface area contributed by atoms with Crippen molar-refractivity contribution in [1.82, 2.24) is 10.2 Å². The van der Waals surface area contributed by atoms with Crippen LogP contribution in [0.25, 0.3) is 0 Å². The van der Waals surface area contributed by atoms with Crippen molar-refractivity contribution in [2.75, 3.05) is 29.9 Å². The molecule has 0 saturated carbocycles.